The predicted molar refractivity (Wildman–Crippen MR) is 149 cm³/mol. The van der Waals surface area contributed by atoms with Crippen molar-refractivity contribution >= 4 is 33.2 Å². The highest BCUT2D eigenvalue weighted by atomic mass is 16.5. The summed E-state index contributed by atoms with van der Waals surface area (Å²) in [7, 11) is 5.44. The first kappa shape index (κ1) is 21.4. The molecule has 37 heavy (non-hydrogen) atoms. The van der Waals surface area contributed by atoms with Crippen LogP contribution in [0, 0.1) is 0 Å². The largest absolute Gasteiger partial charge is 0.497 e. The van der Waals surface area contributed by atoms with Gasteiger partial charge in [0.1, 0.15) is 11.5 Å². The maximum absolute atomic E-state index is 6.48. The van der Waals surface area contributed by atoms with Gasteiger partial charge in [0.25, 0.3) is 0 Å². The van der Waals surface area contributed by atoms with E-state index >= 15 is 0 Å². The Morgan fingerprint density at radius 2 is 1.08 bits per heavy atom. The zero-order valence-electron chi connectivity index (χ0n) is 20.8. The monoisotopic (exact) mass is 487 g/mol. The van der Waals surface area contributed by atoms with E-state index in [4.69, 9.17) is 14.2 Å². The molecule has 0 spiro atoms. The fraction of sp³-hybridized carbons (Fsp3) is 0.0968. The first-order valence-electron chi connectivity index (χ1n) is 12.1. The molecule has 6 heteroatoms. The van der Waals surface area contributed by atoms with E-state index in [1.807, 2.05) is 36.4 Å². The molecule has 7 rings (SSSR count). The van der Waals surface area contributed by atoms with Crippen molar-refractivity contribution in [3.63, 3.8) is 0 Å². The van der Waals surface area contributed by atoms with Crippen LogP contribution in [-0.2, 0) is 0 Å². The van der Waals surface area contributed by atoms with Gasteiger partial charge in [0, 0.05) is 51.4 Å². The van der Waals surface area contributed by atoms with Crippen LogP contribution >= 0.6 is 0 Å². The highest BCUT2D eigenvalue weighted by Gasteiger charge is 2.23. The molecule has 0 radical (unpaired) electrons. The standard InChI is InChI=1S/C31H25N3O3/c1-34-28-10-4-18(26-14-20-12-22(35-2)6-8-24(20)32-26)16-30(28)37-31-17-19(5-11-29(31)34)27-15-21-13-23(36-3)7-9-25(21)33-27/h4-17,32-33H,1-3H3. The van der Waals surface area contributed by atoms with Gasteiger partial charge in [0.05, 0.1) is 25.6 Å². The van der Waals surface area contributed by atoms with Gasteiger partial charge in [-0.15, -0.1) is 0 Å². The molecule has 2 N–H and O–H groups in total. The van der Waals surface area contributed by atoms with Gasteiger partial charge < -0.3 is 29.1 Å². The zero-order valence-corrected chi connectivity index (χ0v) is 20.8. The Morgan fingerprint density at radius 1 is 0.595 bits per heavy atom. The fourth-order valence-electron chi connectivity index (χ4n) is 5.12. The van der Waals surface area contributed by atoms with Crippen LogP contribution in [0.1, 0.15) is 0 Å². The Morgan fingerprint density at radius 3 is 1.54 bits per heavy atom. The van der Waals surface area contributed by atoms with Crippen molar-refractivity contribution < 1.29 is 14.2 Å². The van der Waals surface area contributed by atoms with Crippen LogP contribution in [0.3, 0.4) is 0 Å². The molecular formula is C31H25N3O3. The summed E-state index contributed by atoms with van der Waals surface area (Å²) in [4.78, 5) is 9.20. The second-order valence-corrected chi connectivity index (χ2v) is 9.30. The minimum atomic E-state index is 0.822. The van der Waals surface area contributed by atoms with Crippen LogP contribution < -0.4 is 19.1 Å². The SMILES string of the molecule is COc1ccc2[nH]c(-c3ccc4c(c3)Oc3cc(-c5cc6cc(OC)ccc6[nH]5)ccc3N4C)cc2c1. The van der Waals surface area contributed by atoms with Gasteiger partial charge in [-0.2, -0.15) is 0 Å². The second-order valence-electron chi connectivity index (χ2n) is 9.30. The summed E-state index contributed by atoms with van der Waals surface area (Å²) >= 11 is 0. The highest BCUT2D eigenvalue weighted by Crippen LogP contribution is 2.48. The number of fused-ring (bicyclic) bond motifs is 4. The minimum absolute atomic E-state index is 0.822. The third kappa shape index (κ3) is 3.49. The van der Waals surface area contributed by atoms with E-state index in [9.17, 15) is 0 Å². The molecule has 6 nitrogen and oxygen atoms in total. The van der Waals surface area contributed by atoms with Crippen molar-refractivity contribution in [2.24, 2.45) is 0 Å². The molecule has 1 aliphatic heterocycles. The molecule has 182 valence electrons. The number of aromatic nitrogens is 2. The Kier molecular flexibility index (Phi) is 4.69. The topological polar surface area (TPSA) is 62.5 Å². The van der Waals surface area contributed by atoms with E-state index < -0.39 is 0 Å². The van der Waals surface area contributed by atoms with Crippen molar-refractivity contribution in [2.45, 2.75) is 0 Å². The van der Waals surface area contributed by atoms with Crippen molar-refractivity contribution in [1.82, 2.24) is 9.97 Å². The number of hydrogen-bond acceptors (Lipinski definition) is 4. The average molecular weight is 488 g/mol. The van der Waals surface area contributed by atoms with Crippen LogP contribution in [0.4, 0.5) is 11.4 Å². The van der Waals surface area contributed by atoms with Gasteiger partial charge in [-0.3, -0.25) is 0 Å². The summed E-state index contributed by atoms with van der Waals surface area (Å²) in [6.45, 7) is 0. The second kappa shape index (κ2) is 8.10. The highest BCUT2D eigenvalue weighted by molar-refractivity contribution is 5.90. The summed E-state index contributed by atoms with van der Waals surface area (Å²) in [6, 6.07) is 29.0. The molecule has 1 aliphatic rings. The van der Waals surface area contributed by atoms with Gasteiger partial charge in [-0.25, -0.2) is 0 Å². The molecule has 0 bridgehead atoms. The number of anilines is 2. The van der Waals surface area contributed by atoms with Crippen LogP contribution in [0.15, 0.2) is 84.9 Å². The quantitative estimate of drug-likeness (QED) is 0.266. The van der Waals surface area contributed by atoms with Crippen molar-refractivity contribution in [3.8, 4) is 45.5 Å². The lowest BCUT2D eigenvalue weighted by Crippen LogP contribution is -2.15. The number of nitrogens with one attached hydrogen (secondary N) is 2. The third-order valence-electron chi connectivity index (χ3n) is 7.14. The molecule has 3 heterocycles. The molecule has 0 unspecified atom stereocenters. The number of aromatic amines is 2. The van der Waals surface area contributed by atoms with Gasteiger partial charge >= 0.3 is 0 Å². The first-order chi connectivity index (χ1) is 18.1. The summed E-state index contributed by atoms with van der Waals surface area (Å²) in [6.07, 6.45) is 0. The lowest BCUT2D eigenvalue weighted by molar-refractivity contribution is 0.415. The van der Waals surface area contributed by atoms with Crippen LogP contribution in [0.25, 0.3) is 44.3 Å². The summed E-state index contributed by atoms with van der Waals surface area (Å²) in [5.74, 6) is 3.33. The smallest absolute Gasteiger partial charge is 0.151 e. The van der Waals surface area contributed by atoms with E-state index in [1.54, 1.807) is 14.2 Å². The van der Waals surface area contributed by atoms with Crippen molar-refractivity contribution in [2.75, 3.05) is 26.2 Å². The number of benzene rings is 4. The molecular weight excluding hydrogens is 462 g/mol. The molecule has 2 aromatic heterocycles. The molecule has 0 atom stereocenters. The maximum atomic E-state index is 6.48. The number of H-pyrrole nitrogens is 2. The third-order valence-corrected chi connectivity index (χ3v) is 7.14. The molecule has 4 aromatic carbocycles. The zero-order chi connectivity index (χ0) is 25.1. The average Bonchev–Trinajstić information content (AvgIpc) is 3.56. The van der Waals surface area contributed by atoms with Crippen LogP contribution in [0.2, 0.25) is 0 Å². The Bertz CT molecular complexity index is 1680. The Labute approximate surface area is 214 Å². The van der Waals surface area contributed by atoms with Crippen molar-refractivity contribution in [1.29, 1.82) is 0 Å². The molecule has 6 aromatic rings. The summed E-state index contributed by atoms with van der Waals surface area (Å²) < 4.78 is 17.2. The Hall–Kier alpha value is -4.84. The number of methoxy groups -OCH3 is 2. The molecule has 0 saturated heterocycles. The van der Waals surface area contributed by atoms with E-state index in [0.717, 1.165) is 78.7 Å². The molecule has 0 amide bonds. The van der Waals surface area contributed by atoms with Crippen molar-refractivity contribution in [3.05, 3.63) is 84.9 Å². The van der Waals surface area contributed by atoms with Gasteiger partial charge in [-0.05, 0) is 72.8 Å². The lowest BCUT2D eigenvalue weighted by Gasteiger charge is -2.30. The number of rotatable bonds is 4. The minimum Gasteiger partial charge on any atom is -0.497 e. The maximum Gasteiger partial charge on any atom is 0.151 e. The fourth-order valence-corrected chi connectivity index (χ4v) is 5.12. The molecule has 0 fully saturated rings. The van der Waals surface area contributed by atoms with Gasteiger partial charge in [-0.1, -0.05) is 12.1 Å². The predicted octanol–water partition coefficient (Wildman–Crippen LogP) is 7.87. The van der Waals surface area contributed by atoms with E-state index in [0.29, 0.717) is 0 Å². The lowest BCUT2D eigenvalue weighted by atomic mass is 10.1. The number of ether oxygens (including phenoxy) is 3. The normalized spacial score (nSPS) is 12.4. The van der Waals surface area contributed by atoms with Gasteiger partial charge in [0.2, 0.25) is 0 Å². The van der Waals surface area contributed by atoms with E-state index in [1.165, 1.54) is 0 Å². The van der Waals surface area contributed by atoms with Crippen LogP contribution in [-0.4, -0.2) is 31.2 Å². The van der Waals surface area contributed by atoms with E-state index in [-0.39, 0.29) is 0 Å². The van der Waals surface area contributed by atoms with Gasteiger partial charge in [0.15, 0.2) is 11.5 Å². The van der Waals surface area contributed by atoms with E-state index in [2.05, 4.69) is 70.4 Å². The first-order valence-corrected chi connectivity index (χ1v) is 12.1. The molecule has 0 aliphatic carbocycles. The summed E-state index contributed by atoms with van der Waals surface area (Å²) in [5.41, 5.74) is 8.38. The van der Waals surface area contributed by atoms with Crippen LogP contribution in [0.5, 0.6) is 23.0 Å². The summed E-state index contributed by atoms with van der Waals surface area (Å²) in [5, 5.41) is 2.21. The molecule has 0 saturated carbocycles. The number of nitrogens with zero attached hydrogens (tertiary/aromatic N) is 1. The Balaban J connectivity index is 1.25. The number of hydrogen-bond donors (Lipinski definition) is 2.